The SMILES string of the molecule is CCCC(C(=O)CC)S(=O)(=O)O. The Morgan fingerprint density at radius 2 is 1.92 bits per heavy atom. The third-order valence-corrected chi connectivity index (χ3v) is 2.84. The molecule has 4 nitrogen and oxygen atoms in total. The van der Waals surface area contributed by atoms with E-state index < -0.39 is 21.2 Å². The first-order valence-corrected chi connectivity index (χ1v) is 5.42. The molecule has 0 spiro atoms. The second-order valence-corrected chi connectivity index (χ2v) is 4.21. The van der Waals surface area contributed by atoms with Gasteiger partial charge < -0.3 is 0 Å². The summed E-state index contributed by atoms with van der Waals surface area (Å²) in [5, 5.41) is -1.22. The molecule has 0 aliphatic carbocycles. The Balaban J connectivity index is 4.56. The first-order valence-electron chi connectivity index (χ1n) is 3.92. The standard InChI is InChI=1S/C7H14O4S/c1-3-5-7(6(8)4-2)12(9,10)11/h7H,3-5H2,1-2H3,(H,9,10,11). The van der Waals surface area contributed by atoms with Crippen molar-refractivity contribution in [2.24, 2.45) is 0 Å². The van der Waals surface area contributed by atoms with Crippen molar-refractivity contribution in [3.05, 3.63) is 0 Å². The monoisotopic (exact) mass is 194 g/mol. The Bertz CT molecular complexity index is 242. The van der Waals surface area contributed by atoms with Crippen LogP contribution in [0.4, 0.5) is 0 Å². The average Bonchev–Trinajstić information content (AvgIpc) is 1.96. The van der Waals surface area contributed by atoms with Gasteiger partial charge in [-0.2, -0.15) is 8.42 Å². The maximum atomic E-state index is 11.0. The second-order valence-electron chi connectivity index (χ2n) is 2.61. The van der Waals surface area contributed by atoms with Crippen LogP contribution in [0.1, 0.15) is 33.1 Å². The average molecular weight is 194 g/mol. The van der Waals surface area contributed by atoms with Gasteiger partial charge in [-0.3, -0.25) is 9.35 Å². The summed E-state index contributed by atoms with van der Waals surface area (Å²) in [7, 11) is -4.19. The van der Waals surface area contributed by atoms with Gasteiger partial charge in [0.1, 0.15) is 5.25 Å². The number of ketones is 1. The van der Waals surface area contributed by atoms with Crippen molar-refractivity contribution >= 4 is 15.9 Å². The van der Waals surface area contributed by atoms with Gasteiger partial charge in [-0.05, 0) is 6.42 Å². The first-order chi connectivity index (χ1) is 5.43. The topological polar surface area (TPSA) is 71.4 Å². The predicted molar refractivity (Wildman–Crippen MR) is 45.5 cm³/mol. The molecule has 5 heteroatoms. The molecule has 0 saturated heterocycles. The molecule has 0 fully saturated rings. The number of carbonyl (C=O) groups is 1. The molecular weight excluding hydrogens is 180 g/mol. The molecule has 0 aromatic rings. The highest BCUT2D eigenvalue weighted by molar-refractivity contribution is 7.87. The highest BCUT2D eigenvalue weighted by Gasteiger charge is 2.28. The van der Waals surface area contributed by atoms with Crippen molar-refractivity contribution in [2.45, 2.75) is 38.4 Å². The number of hydrogen-bond acceptors (Lipinski definition) is 3. The zero-order chi connectivity index (χ0) is 9.78. The highest BCUT2D eigenvalue weighted by atomic mass is 32.2. The molecule has 0 saturated carbocycles. The van der Waals surface area contributed by atoms with Gasteiger partial charge in [0.2, 0.25) is 0 Å². The van der Waals surface area contributed by atoms with Crippen LogP contribution in [0.25, 0.3) is 0 Å². The van der Waals surface area contributed by atoms with Gasteiger partial charge in [0.15, 0.2) is 5.78 Å². The lowest BCUT2D eigenvalue weighted by Crippen LogP contribution is -2.29. The second kappa shape index (κ2) is 4.57. The molecule has 0 aromatic carbocycles. The molecule has 0 aromatic heterocycles. The maximum Gasteiger partial charge on any atom is 0.274 e. The van der Waals surface area contributed by atoms with Crippen molar-refractivity contribution in [1.29, 1.82) is 0 Å². The highest BCUT2D eigenvalue weighted by Crippen LogP contribution is 2.09. The molecule has 0 radical (unpaired) electrons. The summed E-state index contributed by atoms with van der Waals surface area (Å²) in [5.74, 6) is -0.417. The van der Waals surface area contributed by atoms with E-state index in [1.54, 1.807) is 13.8 Å². The Morgan fingerprint density at radius 3 is 2.17 bits per heavy atom. The molecule has 0 amide bonds. The number of carbonyl (C=O) groups excluding carboxylic acids is 1. The van der Waals surface area contributed by atoms with Crippen LogP contribution < -0.4 is 0 Å². The molecule has 1 unspecified atom stereocenters. The first kappa shape index (κ1) is 11.6. The molecule has 0 heterocycles. The molecule has 1 N–H and O–H groups in total. The minimum atomic E-state index is -4.19. The van der Waals surface area contributed by atoms with E-state index in [2.05, 4.69) is 0 Å². The van der Waals surface area contributed by atoms with Crippen LogP contribution in [0.5, 0.6) is 0 Å². The zero-order valence-electron chi connectivity index (χ0n) is 7.28. The lowest BCUT2D eigenvalue weighted by molar-refractivity contribution is -0.118. The third-order valence-electron chi connectivity index (χ3n) is 1.62. The smallest absolute Gasteiger partial charge is 0.274 e. The van der Waals surface area contributed by atoms with Crippen molar-refractivity contribution in [3.63, 3.8) is 0 Å². The molecule has 0 aliphatic heterocycles. The van der Waals surface area contributed by atoms with Gasteiger partial charge in [-0.1, -0.05) is 20.3 Å². The van der Waals surface area contributed by atoms with Crippen LogP contribution >= 0.6 is 0 Å². The largest absolute Gasteiger partial charge is 0.298 e. The van der Waals surface area contributed by atoms with Crippen molar-refractivity contribution < 1.29 is 17.8 Å². The Kier molecular flexibility index (Phi) is 4.41. The fraction of sp³-hybridized carbons (Fsp3) is 0.857. The quantitative estimate of drug-likeness (QED) is 0.663. The Hall–Kier alpha value is -0.420. The Labute approximate surface area is 72.7 Å². The fourth-order valence-electron chi connectivity index (χ4n) is 0.966. The van der Waals surface area contributed by atoms with Crippen molar-refractivity contribution in [2.75, 3.05) is 0 Å². The van der Waals surface area contributed by atoms with Gasteiger partial charge in [-0.15, -0.1) is 0 Å². The molecule has 72 valence electrons. The molecule has 12 heavy (non-hydrogen) atoms. The van der Waals surface area contributed by atoms with Crippen LogP contribution in [0.3, 0.4) is 0 Å². The van der Waals surface area contributed by atoms with Gasteiger partial charge in [0, 0.05) is 6.42 Å². The molecule has 0 rings (SSSR count). The number of hydrogen-bond donors (Lipinski definition) is 1. The van der Waals surface area contributed by atoms with Gasteiger partial charge in [0.05, 0.1) is 0 Å². The van der Waals surface area contributed by atoms with E-state index in [0.717, 1.165) is 0 Å². The minimum Gasteiger partial charge on any atom is -0.298 e. The van der Waals surface area contributed by atoms with Crippen LogP contribution in [-0.4, -0.2) is 24.0 Å². The summed E-state index contributed by atoms with van der Waals surface area (Å²) in [6.45, 7) is 3.34. The van der Waals surface area contributed by atoms with Gasteiger partial charge in [0.25, 0.3) is 10.1 Å². The van der Waals surface area contributed by atoms with Crippen LogP contribution in [0.15, 0.2) is 0 Å². The lowest BCUT2D eigenvalue weighted by Gasteiger charge is -2.09. The van der Waals surface area contributed by atoms with Crippen LogP contribution in [0, 0.1) is 0 Å². The van der Waals surface area contributed by atoms with E-state index in [1.165, 1.54) is 0 Å². The van der Waals surface area contributed by atoms with Crippen LogP contribution in [-0.2, 0) is 14.9 Å². The van der Waals surface area contributed by atoms with Crippen molar-refractivity contribution in [1.82, 2.24) is 0 Å². The number of rotatable bonds is 5. The van der Waals surface area contributed by atoms with E-state index in [0.29, 0.717) is 6.42 Å². The zero-order valence-corrected chi connectivity index (χ0v) is 8.10. The molecule has 0 aliphatic rings. The summed E-state index contributed by atoms with van der Waals surface area (Å²) < 4.78 is 30.0. The maximum absolute atomic E-state index is 11.0. The summed E-state index contributed by atoms with van der Waals surface area (Å²) in [6.07, 6.45) is 0.909. The molecule has 1 atom stereocenters. The van der Waals surface area contributed by atoms with Gasteiger partial charge in [-0.25, -0.2) is 0 Å². The van der Waals surface area contributed by atoms with E-state index >= 15 is 0 Å². The molecular formula is C7H14O4S. The Morgan fingerprint density at radius 1 is 1.42 bits per heavy atom. The summed E-state index contributed by atoms with van der Waals surface area (Å²) in [4.78, 5) is 11.0. The van der Waals surface area contributed by atoms with E-state index in [-0.39, 0.29) is 12.8 Å². The normalized spacial score (nSPS) is 14.2. The third kappa shape index (κ3) is 3.32. The van der Waals surface area contributed by atoms with E-state index in [1.807, 2.05) is 0 Å². The van der Waals surface area contributed by atoms with E-state index in [4.69, 9.17) is 4.55 Å². The summed E-state index contributed by atoms with van der Waals surface area (Å²) in [5.41, 5.74) is 0. The van der Waals surface area contributed by atoms with Crippen LogP contribution in [0.2, 0.25) is 0 Å². The number of Topliss-reactive ketones (excluding diaryl/α,β-unsaturated/α-hetero) is 1. The predicted octanol–water partition coefficient (Wildman–Crippen LogP) is 1.02. The van der Waals surface area contributed by atoms with Gasteiger partial charge >= 0.3 is 0 Å². The van der Waals surface area contributed by atoms with E-state index in [9.17, 15) is 13.2 Å². The molecule has 0 bridgehead atoms. The van der Waals surface area contributed by atoms with Crippen molar-refractivity contribution in [3.8, 4) is 0 Å². The minimum absolute atomic E-state index is 0.143. The lowest BCUT2D eigenvalue weighted by atomic mass is 10.1. The summed E-state index contributed by atoms with van der Waals surface area (Å²) in [6, 6.07) is 0. The summed E-state index contributed by atoms with van der Waals surface area (Å²) >= 11 is 0. The fourth-order valence-corrected chi connectivity index (χ4v) is 2.00.